The van der Waals surface area contributed by atoms with Crippen LogP contribution in [-0.4, -0.2) is 11.0 Å². The highest BCUT2D eigenvalue weighted by molar-refractivity contribution is 9.11. The number of anilines is 1. The van der Waals surface area contributed by atoms with Gasteiger partial charge in [0.15, 0.2) is 0 Å². The first kappa shape index (κ1) is 14.0. The fraction of sp³-hybridized carbons (Fsp3) is 0.154. The lowest BCUT2D eigenvalue weighted by molar-refractivity contribution is 0.102. The zero-order valence-electron chi connectivity index (χ0n) is 10.2. The quantitative estimate of drug-likeness (QED) is 0.750. The van der Waals surface area contributed by atoms with Crippen LogP contribution in [0.2, 0.25) is 0 Å². The molecule has 1 aromatic heterocycles. The van der Waals surface area contributed by atoms with Crippen molar-refractivity contribution >= 4 is 38.9 Å². The molecule has 2 rings (SSSR count). The molecule has 100 valence electrons. The van der Waals surface area contributed by atoms with E-state index >= 15 is 0 Å². The highest BCUT2D eigenvalue weighted by Crippen LogP contribution is 2.31. The van der Waals surface area contributed by atoms with Crippen LogP contribution in [0.3, 0.4) is 0 Å². The highest BCUT2D eigenvalue weighted by atomic mass is 79.9. The summed E-state index contributed by atoms with van der Waals surface area (Å²) in [6.45, 7) is 2.17. The zero-order valence-corrected chi connectivity index (χ0v) is 12.6. The molecule has 4 N–H and O–H groups in total. The summed E-state index contributed by atoms with van der Waals surface area (Å²) in [5, 5.41) is 12.5. The number of hydrogen-bond donors (Lipinski definition) is 3. The van der Waals surface area contributed by atoms with E-state index in [2.05, 4.69) is 21.2 Å². The summed E-state index contributed by atoms with van der Waals surface area (Å²) >= 11 is 4.85. The molecule has 0 fully saturated rings. The molecule has 0 saturated heterocycles. The maximum Gasteiger partial charge on any atom is 0.257 e. The Morgan fingerprint density at radius 2 is 2.26 bits per heavy atom. The van der Waals surface area contributed by atoms with Gasteiger partial charge in [0.2, 0.25) is 0 Å². The first-order chi connectivity index (χ1) is 9.02. The number of phenols is 1. The molecule has 1 amide bonds. The molecule has 2 aromatic rings. The van der Waals surface area contributed by atoms with Crippen molar-refractivity contribution in [1.29, 1.82) is 0 Å². The van der Waals surface area contributed by atoms with E-state index in [9.17, 15) is 9.90 Å². The van der Waals surface area contributed by atoms with Crippen molar-refractivity contribution in [2.24, 2.45) is 5.73 Å². The van der Waals surface area contributed by atoms with E-state index in [1.807, 2.05) is 6.92 Å². The predicted molar refractivity (Wildman–Crippen MR) is 80.7 cm³/mol. The second-order valence-electron chi connectivity index (χ2n) is 4.01. The minimum atomic E-state index is -0.271. The maximum absolute atomic E-state index is 12.2. The Balaban J connectivity index is 2.31. The fourth-order valence-electron chi connectivity index (χ4n) is 1.72. The van der Waals surface area contributed by atoms with Gasteiger partial charge in [-0.05, 0) is 40.5 Å². The van der Waals surface area contributed by atoms with Crippen LogP contribution in [0.5, 0.6) is 5.75 Å². The Bertz CT molecular complexity index is 625. The lowest BCUT2D eigenvalue weighted by atomic mass is 10.1. The molecule has 0 bridgehead atoms. The van der Waals surface area contributed by atoms with Gasteiger partial charge in [0, 0.05) is 11.4 Å². The molecule has 0 radical (unpaired) electrons. The first-order valence-electron chi connectivity index (χ1n) is 5.61. The van der Waals surface area contributed by atoms with Gasteiger partial charge in [-0.15, -0.1) is 11.3 Å². The van der Waals surface area contributed by atoms with Crippen LogP contribution in [0.15, 0.2) is 28.1 Å². The minimum Gasteiger partial charge on any atom is -0.506 e. The Labute approximate surface area is 123 Å². The van der Waals surface area contributed by atoms with Gasteiger partial charge in [0.05, 0.1) is 15.0 Å². The van der Waals surface area contributed by atoms with Crippen LogP contribution in [0, 0.1) is 6.92 Å². The van der Waals surface area contributed by atoms with Crippen molar-refractivity contribution in [2.45, 2.75) is 13.5 Å². The standard InChI is InChI=1S/C13H13BrN2O2S/c1-7-5-9(12(14)19-7)13(18)16-11-8(6-15)3-2-4-10(11)17/h2-5,17H,6,15H2,1H3,(H,16,18). The number of carbonyl (C=O) groups is 1. The SMILES string of the molecule is Cc1cc(C(=O)Nc2c(O)cccc2CN)c(Br)s1. The van der Waals surface area contributed by atoms with Gasteiger partial charge in [-0.25, -0.2) is 0 Å². The van der Waals surface area contributed by atoms with Crippen LogP contribution in [0.25, 0.3) is 0 Å². The van der Waals surface area contributed by atoms with Crippen molar-refractivity contribution in [3.8, 4) is 5.75 Å². The third-order valence-electron chi connectivity index (χ3n) is 2.64. The minimum absolute atomic E-state index is 0.0133. The normalized spacial score (nSPS) is 10.5. The highest BCUT2D eigenvalue weighted by Gasteiger charge is 2.16. The molecule has 0 aliphatic carbocycles. The lowest BCUT2D eigenvalue weighted by Crippen LogP contribution is -2.14. The topological polar surface area (TPSA) is 75.3 Å². The van der Waals surface area contributed by atoms with Crippen molar-refractivity contribution in [2.75, 3.05) is 5.32 Å². The fourth-order valence-corrected chi connectivity index (χ4v) is 3.50. The van der Waals surface area contributed by atoms with Crippen LogP contribution in [-0.2, 0) is 6.54 Å². The van der Waals surface area contributed by atoms with E-state index in [0.29, 0.717) is 16.8 Å². The van der Waals surface area contributed by atoms with Crippen molar-refractivity contribution in [3.63, 3.8) is 0 Å². The summed E-state index contributed by atoms with van der Waals surface area (Å²) in [5.74, 6) is -0.258. The number of rotatable bonds is 3. The van der Waals surface area contributed by atoms with Gasteiger partial charge < -0.3 is 16.2 Å². The van der Waals surface area contributed by atoms with Crippen LogP contribution >= 0.6 is 27.3 Å². The molecule has 0 spiro atoms. The van der Waals surface area contributed by atoms with Crippen molar-refractivity contribution in [1.82, 2.24) is 0 Å². The van der Waals surface area contributed by atoms with Crippen LogP contribution in [0.4, 0.5) is 5.69 Å². The Morgan fingerprint density at radius 3 is 2.84 bits per heavy atom. The predicted octanol–water partition coefficient (Wildman–Crippen LogP) is 3.24. The van der Waals surface area contributed by atoms with Crippen molar-refractivity contribution < 1.29 is 9.90 Å². The Morgan fingerprint density at radius 1 is 1.53 bits per heavy atom. The monoisotopic (exact) mass is 340 g/mol. The molecule has 0 unspecified atom stereocenters. The van der Waals surface area contributed by atoms with E-state index in [-0.39, 0.29) is 18.2 Å². The van der Waals surface area contributed by atoms with E-state index in [1.165, 1.54) is 17.4 Å². The number of carbonyl (C=O) groups excluding carboxylic acids is 1. The van der Waals surface area contributed by atoms with Gasteiger partial charge in [-0.2, -0.15) is 0 Å². The average molecular weight is 341 g/mol. The smallest absolute Gasteiger partial charge is 0.257 e. The van der Waals surface area contributed by atoms with E-state index in [0.717, 1.165) is 8.66 Å². The summed E-state index contributed by atoms with van der Waals surface area (Å²) in [6, 6.07) is 6.77. The van der Waals surface area contributed by atoms with Crippen molar-refractivity contribution in [3.05, 3.63) is 44.1 Å². The number of para-hydroxylation sites is 1. The largest absolute Gasteiger partial charge is 0.506 e. The van der Waals surface area contributed by atoms with E-state index < -0.39 is 0 Å². The summed E-state index contributed by atoms with van der Waals surface area (Å²) in [6.07, 6.45) is 0. The molecular weight excluding hydrogens is 328 g/mol. The number of hydrogen-bond acceptors (Lipinski definition) is 4. The molecule has 1 aromatic carbocycles. The number of thiophene rings is 1. The van der Waals surface area contributed by atoms with Gasteiger partial charge in [-0.1, -0.05) is 12.1 Å². The maximum atomic E-state index is 12.2. The van der Waals surface area contributed by atoms with E-state index in [1.54, 1.807) is 18.2 Å². The summed E-state index contributed by atoms with van der Waals surface area (Å²) < 4.78 is 0.771. The number of phenolic OH excluding ortho intramolecular Hbond substituents is 1. The number of halogens is 1. The number of benzene rings is 1. The molecule has 4 nitrogen and oxygen atoms in total. The summed E-state index contributed by atoms with van der Waals surface area (Å²) in [4.78, 5) is 13.2. The van der Waals surface area contributed by atoms with Crippen LogP contribution < -0.4 is 11.1 Å². The van der Waals surface area contributed by atoms with Gasteiger partial charge >= 0.3 is 0 Å². The number of amides is 1. The van der Waals surface area contributed by atoms with E-state index in [4.69, 9.17) is 5.73 Å². The lowest BCUT2D eigenvalue weighted by Gasteiger charge is -2.11. The van der Waals surface area contributed by atoms with Gasteiger partial charge in [0.1, 0.15) is 5.75 Å². The second-order valence-corrected chi connectivity index (χ2v) is 6.59. The van der Waals surface area contributed by atoms with Gasteiger partial charge in [-0.3, -0.25) is 4.79 Å². The Hall–Kier alpha value is -1.37. The molecule has 6 heteroatoms. The third-order valence-corrected chi connectivity index (χ3v) is 4.39. The first-order valence-corrected chi connectivity index (χ1v) is 7.22. The van der Waals surface area contributed by atoms with Crippen LogP contribution in [0.1, 0.15) is 20.8 Å². The van der Waals surface area contributed by atoms with Gasteiger partial charge in [0.25, 0.3) is 5.91 Å². The molecular formula is C13H13BrN2O2S. The third kappa shape index (κ3) is 2.97. The molecule has 0 saturated carbocycles. The molecule has 1 heterocycles. The Kier molecular flexibility index (Phi) is 4.24. The molecule has 0 atom stereocenters. The number of nitrogens with two attached hydrogens (primary N) is 1. The molecule has 0 aliphatic rings. The second kappa shape index (κ2) is 5.73. The number of aromatic hydroxyl groups is 1. The zero-order chi connectivity index (χ0) is 14.0. The average Bonchev–Trinajstić information content (AvgIpc) is 2.71. The number of aryl methyl sites for hydroxylation is 1. The number of nitrogens with one attached hydrogen (secondary N) is 1. The summed E-state index contributed by atoms with van der Waals surface area (Å²) in [5.41, 5.74) is 7.21. The summed E-state index contributed by atoms with van der Waals surface area (Å²) in [7, 11) is 0. The molecule has 0 aliphatic heterocycles. The molecule has 19 heavy (non-hydrogen) atoms.